The lowest BCUT2D eigenvalue weighted by atomic mass is 9.92. The number of rotatable bonds is 3. The molecule has 0 aromatic rings. The van der Waals surface area contributed by atoms with Crippen LogP contribution in [0.4, 0.5) is 0 Å². The van der Waals surface area contributed by atoms with Crippen molar-refractivity contribution in [1.29, 1.82) is 0 Å². The highest BCUT2D eigenvalue weighted by molar-refractivity contribution is 7.91. The highest BCUT2D eigenvalue weighted by Gasteiger charge is 2.35. The van der Waals surface area contributed by atoms with Crippen molar-refractivity contribution in [3.8, 4) is 0 Å². The molecule has 1 saturated carbocycles. The van der Waals surface area contributed by atoms with Crippen LogP contribution in [-0.2, 0) is 14.6 Å². The van der Waals surface area contributed by atoms with Gasteiger partial charge in [0.1, 0.15) is 9.84 Å². The Labute approximate surface area is 109 Å². The Morgan fingerprint density at radius 2 is 2.17 bits per heavy atom. The topological polar surface area (TPSA) is 66.8 Å². The Bertz CT molecular complexity index is 370. The molecule has 2 fully saturated rings. The fraction of sp³-hybridized carbons (Fsp3) is 1.00. The van der Waals surface area contributed by atoms with Crippen molar-refractivity contribution in [3.63, 3.8) is 0 Å². The van der Waals surface area contributed by atoms with Gasteiger partial charge in [0.25, 0.3) is 0 Å². The standard InChI is InChI=1S/C12H23NO4S/c1-18(15,16)12-4-2-3-10(7-12)13-5-6-17-9-11(13)8-14/h10-12,14H,2-9H2,1H3. The summed E-state index contributed by atoms with van der Waals surface area (Å²) in [5.74, 6) is 0. The van der Waals surface area contributed by atoms with Crippen LogP contribution in [0.3, 0.4) is 0 Å². The van der Waals surface area contributed by atoms with Gasteiger partial charge in [-0.1, -0.05) is 6.42 Å². The van der Waals surface area contributed by atoms with Crippen molar-refractivity contribution in [2.24, 2.45) is 0 Å². The molecule has 106 valence electrons. The van der Waals surface area contributed by atoms with E-state index < -0.39 is 9.84 Å². The maximum Gasteiger partial charge on any atom is 0.150 e. The van der Waals surface area contributed by atoms with Gasteiger partial charge in [-0.05, 0) is 19.3 Å². The van der Waals surface area contributed by atoms with Gasteiger partial charge in [0.15, 0.2) is 0 Å². The zero-order valence-electron chi connectivity index (χ0n) is 10.9. The number of aliphatic hydroxyl groups is 1. The van der Waals surface area contributed by atoms with E-state index in [1.165, 1.54) is 6.26 Å². The predicted molar refractivity (Wildman–Crippen MR) is 69.3 cm³/mol. The Morgan fingerprint density at radius 1 is 1.39 bits per heavy atom. The van der Waals surface area contributed by atoms with Crippen molar-refractivity contribution in [2.45, 2.75) is 43.0 Å². The second-order valence-electron chi connectivity index (χ2n) is 5.42. The molecule has 1 aliphatic carbocycles. The van der Waals surface area contributed by atoms with Crippen LogP contribution >= 0.6 is 0 Å². The summed E-state index contributed by atoms with van der Waals surface area (Å²) in [7, 11) is -2.94. The minimum Gasteiger partial charge on any atom is -0.395 e. The van der Waals surface area contributed by atoms with Crippen LogP contribution in [0.1, 0.15) is 25.7 Å². The molecule has 3 unspecified atom stereocenters. The Balaban J connectivity index is 2.03. The molecule has 0 radical (unpaired) electrons. The first-order valence-electron chi connectivity index (χ1n) is 6.65. The zero-order valence-corrected chi connectivity index (χ0v) is 11.7. The summed E-state index contributed by atoms with van der Waals surface area (Å²) in [6, 6.07) is 0.307. The second kappa shape index (κ2) is 5.86. The van der Waals surface area contributed by atoms with Gasteiger partial charge < -0.3 is 9.84 Å². The van der Waals surface area contributed by atoms with Gasteiger partial charge in [-0.15, -0.1) is 0 Å². The molecule has 2 rings (SSSR count). The summed E-state index contributed by atoms with van der Waals surface area (Å²) in [6.07, 6.45) is 4.81. The minimum atomic E-state index is -2.94. The fourth-order valence-electron chi connectivity index (χ4n) is 3.12. The lowest BCUT2D eigenvalue weighted by Crippen LogP contribution is -2.54. The molecule has 1 aliphatic heterocycles. The normalized spacial score (nSPS) is 35.6. The lowest BCUT2D eigenvalue weighted by Gasteiger charge is -2.43. The number of hydrogen-bond donors (Lipinski definition) is 1. The molecular formula is C12H23NO4S. The molecule has 0 spiro atoms. The third-order valence-corrected chi connectivity index (χ3v) is 5.80. The molecule has 1 saturated heterocycles. The van der Waals surface area contributed by atoms with Gasteiger partial charge >= 0.3 is 0 Å². The Hall–Kier alpha value is -0.170. The summed E-state index contributed by atoms with van der Waals surface area (Å²) < 4.78 is 28.7. The van der Waals surface area contributed by atoms with Crippen molar-refractivity contribution in [1.82, 2.24) is 4.90 Å². The average Bonchev–Trinajstić information content (AvgIpc) is 2.38. The smallest absolute Gasteiger partial charge is 0.150 e. The quantitative estimate of drug-likeness (QED) is 0.788. The predicted octanol–water partition coefficient (Wildman–Crippen LogP) is 0.0353. The summed E-state index contributed by atoms with van der Waals surface area (Å²) in [5, 5.41) is 9.17. The third kappa shape index (κ3) is 3.23. The number of aliphatic hydroxyl groups excluding tert-OH is 1. The van der Waals surface area contributed by atoms with Gasteiger partial charge in [-0.3, -0.25) is 4.90 Å². The number of sulfone groups is 1. The van der Waals surface area contributed by atoms with Gasteiger partial charge in [-0.25, -0.2) is 8.42 Å². The van der Waals surface area contributed by atoms with Crippen LogP contribution in [0.25, 0.3) is 0 Å². The number of hydrogen-bond acceptors (Lipinski definition) is 5. The maximum atomic E-state index is 11.7. The van der Waals surface area contributed by atoms with E-state index in [0.717, 1.165) is 25.8 Å². The van der Waals surface area contributed by atoms with Crippen molar-refractivity contribution in [2.75, 3.05) is 32.6 Å². The fourth-order valence-corrected chi connectivity index (χ4v) is 4.28. The van der Waals surface area contributed by atoms with Gasteiger partial charge in [0.2, 0.25) is 0 Å². The number of nitrogens with zero attached hydrogens (tertiary/aromatic N) is 1. The first-order valence-corrected chi connectivity index (χ1v) is 8.61. The van der Waals surface area contributed by atoms with E-state index in [4.69, 9.17) is 4.74 Å². The van der Waals surface area contributed by atoms with E-state index in [9.17, 15) is 13.5 Å². The van der Waals surface area contributed by atoms with Crippen molar-refractivity contribution < 1.29 is 18.3 Å². The molecule has 2 aliphatic rings. The molecule has 1 heterocycles. The average molecular weight is 277 g/mol. The first kappa shape index (κ1) is 14.2. The molecule has 0 aromatic heterocycles. The third-order valence-electron chi connectivity index (χ3n) is 4.16. The van der Waals surface area contributed by atoms with Crippen LogP contribution < -0.4 is 0 Å². The summed E-state index contributed by atoms with van der Waals surface area (Å²) in [4.78, 5) is 2.25. The molecule has 3 atom stereocenters. The minimum absolute atomic E-state index is 0.0297. The van der Waals surface area contributed by atoms with Gasteiger partial charge in [0.05, 0.1) is 31.1 Å². The number of ether oxygens (including phenoxy) is 1. The lowest BCUT2D eigenvalue weighted by molar-refractivity contribution is -0.0530. The molecule has 0 amide bonds. The summed E-state index contributed by atoms with van der Waals surface area (Å²) in [5.41, 5.74) is 0. The Kier molecular flexibility index (Phi) is 4.64. The molecule has 0 aromatic carbocycles. The Morgan fingerprint density at radius 3 is 2.83 bits per heavy atom. The maximum absolute atomic E-state index is 11.7. The molecule has 0 bridgehead atoms. The molecule has 6 heteroatoms. The molecule has 1 N–H and O–H groups in total. The second-order valence-corrected chi connectivity index (χ2v) is 7.75. The van der Waals surface area contributed by atoms with Gasteiger partial charge in [-0.2, -0.15) is 0 Å². The summed E-state index contributed by atoms with van der Waals surface area (Å²) in [6.45, 7) is 2.11. The van der Waals surface area contributed by atoms with E-state index in [1.54, 1.807) is 0 Å². The first-order chi connectivity index (χ1) is 8.52. The van der Waals surface area contributed by atoms with E-state index >= 15 is 0 Å². The zero-order chi connectivity index (χ0) is 13.2. The van der Waals surface area contributed by atoms with E-state index in [2.05, 4.69) is 4.90 Å². The van der Waals surface area contributed by atoms with Crippen molar-refractivity contribution >= 4 is 9.84 Å². The van der Waals surface area contributed by atoms with Crippen LogP contribution in [0, 0.1) is 0 Å². The molecular weight excluding hydrogens is 254 g/mol. The van der Waals surface area contributed by atoms with Crippen LogP contribution in [-0.4, -0.2) is 68.4 Å². The highest BCUT2D eigenvalue weighted by Crippen LogP contribution is 2.29. The van der Waals surface area contributed by atoms with E-state index in [0.29, 0.717) is 19.6 Å². The van der Waals surface area contributed by atoms with Crippen LogP contribution in [0.15, 0.2) is 0 Å². The SMILES string of the molecule is CS(=O)(=O)C1CCCC(N2CCOCC2CO)C1. The van der Waals surface area contributed by atoms with Gasteiger partial charge in [0, 0.05) is 18.8 Å². The summed E-state index contributed by atoms with van der Waals surface area (Å²) >= 11 is 0. The van der Waals surface area contributed by atoms with E-state index in [1.807, 2.05) is 0 Å². The van der Waals surface area contributed by atoms with E-state index in [-0.39, 0.29) is 23.9 Å². The molecule has 5 nitrogen and oxygen atoms in total. The molecule has 18 heavy (non-hydrogen) atoms. The monoisotopic (exact) mass is 277 g/mol. The van der Waals surface area contributed by atoms with Crippen LogP contribution in [0.5, 0.6) is 0 Å². The number of morpholine rings is 1. The van der Waals surface area contributed by atoms with Crippen molar-refractivity contribution in [3.05, 3.63) is 0 Å². The highest BCUT2D eigenvalue weighted by atomic mass is 32.2. The largest absolute Gasteiger partial charge is 0.395 e. The van der Waals surface area contributed by atoms with Crippen LogP contribution in [0.2, 0.25) is 0 Å².